The highest BCUT2D eigenvalue weighted by Gasteiger charge is 2.37. The van der Waals surface area contributed by atoms with Crippen LogP contribution in [0.15, 0.2) is 53.7 Å². The average Bonchev–Trinajstić information content (AvgIpc) is 3.04. The number of nitrogens with zero attached hydrogens (tertiary/aromatic N) is 2. The van der Waals surface area contributed by atoms with Gasteiger partial charge in [-0.25, -0.2) is 0 Å². The summed E-state index contributed by atoms with van der Waals surface area (Å²) >= 11 is 0. The van der Waals surface area contributed by atoms with E-state index in [0.29, 0.717) is 6.04 Å². The molecule has 1 aliphatic rings. The second kappa shape index (κ2) is 6.69. The first-order chi connectivity index (χ1) is 10.8. The van der Waals surface area contributed by atoms with Crippen LogP contribution < -0.4 is 5.32 Å². The van der Waals surface area contributed by atoms with E-state index in [4.69, 9.17) is 0 Å². The van der Waals surface area contributed by atoms with Gasteiger partial charge in [0.1, 0.15) is 0 Å². The predicted molar refractivity (Wildman–Crippen MR) is 90.8 cm³/mol. The topological polar surface area (TPSA) is 43.4 Å². The predicted octanol–water partition coefficient (Wildman–Crippen LogP) is 2.65. The Labute approximate surface area is 132 Å². The van der Waals surface area contributed by atoms with Gasteiger partial charge in [0.15, 0.2) is 5.96 Å². The largest absolute Gasteiger partial charge is 0.364 e. The number of rotatable bonds is 5. The first-order valence-corrected chi connectivity index (χ1v) is 7.87. The lowest BCUT2D eigenvalue weighted by molar-refractivity contribution is 0.468. The second-order valence-corrected chi connectivity index (χ2v) is 6.03. The number of nitrogens with one attached hydrogen (secondary N) is 2. The minimum Gasteiger partial charge on any atom is -0.364 e. The van der Waals surface area contributed by atoms with Gasteiger partial charge in [-0.3, -0.25) is 4.99 Å². The molecule has 0 spiro atoms. The summed E-state index contributed by atoms with van der Waals surface area (Å²) < 4.78 is 0. The van der Waals surface area contributed by atoms with Crippen LogP contribution in [-0.4, -0.2) is 36.0 Å². The fourth-order valence-corrected chi connectivity index (χ4v) is 2.87. The smallest absolute Gasteiger partial charge is 0.193 e. The molecule has 3 rings (SSSR count). The van der Waals surface area contributed by atoms with Crippen molar-refractivity contribution in [2.75, 3.05) is 14.1 Å². The lowest BCUT2D eigenvalue weighted by Crippen LogP contribution is -2.40. The van der Waals surface area contributed by atoms with Crippen molar-refractivity contribution in [2.24, 2.45) is 10.9 Å². The third-order valence-electron chi connectivity index (χ3n) is 4.22. The zero-order chi connectivity index (χ0) is 15.4. The molecule has 0 aliphatic heterocycles. The molecule has 1 fully saturated rings. The van der Waals surface area contributed by atoms with E-state index in [1.54, 1.807) is 0 Å². The monoisotopic (exact) mass is 296 g/mol. The summed E-state index contributed by atoms with van der Waals surface area (Å²) in [6, 6.07) is 15.4. The quantitative estimate of drug-likeness (QED) is 0.658. The molecule has 1 heterocycles. The molecule has 2 aromatic rings. The minimum atomic E-state index is 0.546. The van der Waals surface area contributed by atoms with Gasteiger partial charge >= 0.3 is 0 Å². The van der Waals surface area contributed by atoms with E-state index >= 15 is 0 Å². The first kappa shape index (κ1) is 14.7. The van der Waals surface area contributed by atoms with Crippen LogP contribution in [0.25, 0.3) is 0 Å². The molecule has 2 unspecified atom stereocenters. The summed E-state index contributed by atoms with van der Waals surface area (Å²) in [6.45, 7) is 0.836. The molecule has 0 bridgehead atoms. The summed E-state index contributed by atoms with van der Waals surface area (Å²) in [5.74, 6) is 1.69. The van der Waals surface area contributed by atoms with Crippen molar-refractivity contribution in [1.29, 1.82) is 0 Å². The van der Waals surface area contributed by atoms with E-state index in [1.165, 1.54) is 17.7 Å². The number of H-pyrrole nitrogens is 1. The Morgan fingerprint density at radius 3 is 2.77 bits per heavy atom. The fourth-order valence-electron chi connectivity index (χ4n) is 2.87. The minimum absolute atomic E-state index is 0.546. The molecule has 2 atom stereocenters. The van der Waals surface area contributed by atoms with Gasteiger partial charge in [0.05, 0.1) is 6.54 Å². The maximum Gasteiger partial charge on any atom is 0.193 e. The number of benzene rings is 1. The van der Waals surface area contributed by atoms with E-state index < -0.39 is 0 Å². The Morgan fingerprint density at radius 1 is 1.27 bits per heavy atom. The molecule has 116 valence electrons. The lowest BCUT2D eigenvalue weighted by atomic mass is 10.1. The van der Waals surface area contributed by atoms with Crippen LogP contribution in [0.5, 0.6) is 0 Å². The van der Waals surface area contributed by atoms with Crippen molar-refractivity contribution >= 4 is 5.96 Å². The highest BCUT2D eigenvalue weighted by molar-refractivity contribution is 5.80. The van der Waals surface area contributed by atoms with Crippen LogP contribution in [0.1, 0.15) is 17.7 Å². The van der Waals surface area contributed by atoms with Crippen LogP contribution in [-0.2, 0) is 13.0 Å². The SMILES string of the molecule is CN=C(NC1CC1Cc1ccccc1)N(C)Cc1ccc[nH]1. The van der Waals surface area contributed by atoms with Crippen LogP contribution in [0.4, 0.5) is 0 Å². The van der Waals surface area contributed by atoms with E-state index in [-0.39, 0.29) is 0 Å². The van der Waals surface area contributed by atoms with Gasteiger partial charge in [0, 0.05) is 32.0 Å². The van der Waals surface area contributed by atoms with Gasteiger partial charge in [0.25, 0.3) is 0 Å². The van der Waals surface area contributed by atoms with Gasteiger partial charge in [-0.1, -0.05) is 30.3 Å². The Hall–Kier alpha value is -2.23. The molecule has 0 radical (unpaired) electrons. The molecule has 2 N–H and O–H groups in total. The summed E-state index contributed by atoms with van der Waals surface area (Å²) in [6.07, 6.45) is 4.33. The molecule has 0 amide bonds. The van der Waals surface area contributed by atoms with Gasteiger partial charge < -0.3 is 15.2 Å². The van der Waals surface area contributed by atoms with Gasteiger partial charge in [-0.2, -0.15) is 0 Å². The van der Waals surface area contributed by atoms with E-state index in [2.05, 4.69) is 63.6 Å². The summed E-state index contributed by atoms with van der Waals surface area (Å²) in [7, 11) is 3.92. The molecule has 4 nitrogen and oxygen atoms in total. The lowest BCUT2D eigenvalue weighted by Gasteiger charge is -2.21. The van der Waals surface area contributed by atoms with Crippen molar-refractivity contribution in [3.8, 4) is 0 Å². The highest BCUT2D eigenvalue weighted by atomic mass is 15.3. The van der Waals surface area contributed by atoms with E-state index in [9.17, 15) is 0 Å². The van der Waals surface area contributed by atoms with E-state index in [0.717, 1.165) is 24.8 Å². The number of aromatic amines is 1. The Morgan fingerprint density at radius 2 is 2.09 bits per heavy atom. The van der Waals surface area contributed by atoms with Crippen LogP contribution in [0, 0.1) is 5.92 Å². The molecular formula is C18H24N4. The standard InChI is InChI=1S/C18H24N4/c1-19-18(22(2)13-16-9-6-10-20-16)21-17-12-15(17)11-14-7-4-3-5-8-14/h3-10,15,17,20H,11-13H2,1-2H3,(H,19,21). The molecule has 4 heteroatoms. The zero-order valence-electron chi connectivity index (χ0n) is 13.3. The van der Waals surface area contributed by atoms with Crippen LogP contribution in [0.3, 0.4) is 0 Å². The van der Waals surface area contributed by atoms with E-state index in [1.807, 2.05) is 19.3 Å². The Balaban J connectivity index is 1.50. The number of guanidine groups is 1. The Bertz CT molecular complexity index is 603. The molecule has 1 aromatic heterocycles. The number of aliphatic imine (C=N–C) groups is 1. The molecule has 1 aliphatic carbocycles. The zero-order valence-corrected chi connectivity index (χ0v) is 13.3. The van der Waals surface area contributed by atoms with Gasteiger partial charge in [0.2, 0.25) is 0 Å². The average molecular weight is 296 g/mol. The molecule has 1 saturated carbocycles. The maximum absolute atomic E-state index is 4.41. The molecule has 1 aromatic carbocycles. The summed E-state index contributed by atoms with van der Waals surface area (Å²) in [5.41, 5.74) is 2.62. The first-order valence-electron chi connectivity index (χ1n) is 7.87. The van der Waals surface area contributed by atoms with Crippen molar-refractivity contribution < 1.29 is 0 Å². The van der Waals surface area contributed by atoms with Crippen molar-refractivity contribution in [3.05, 3.63) is 59.9 Å². The van der Waals surface area contributed by atoms with Crippen LogP contribution >= 0.6 is 0 Å². The third-order valence-corrected chi connectivity index (χ3v) is 4.22. The molecule has 0 saturated heterocycles. The number of hydrogen-bond donors (Lipinski definition) is 2. The van der Waals surface area contributed by atoms with Gasteiger partial charge in [-0.05, 0) is 36.5 Å². The number of hydrogen-bond acceptors (Lipinski definition) is 1. The van der Waals surface area contributed by atoms with Crippen molar-refractivity contribution in [1.82, 2.24) is 15.2 Å². The third kappa shape index (κ3) is 3.70. The Kier molecular flexibility index (Phi) is 4.47. The van der Waals surface area contributed by atoms with Crippen molar-refractivity contribution in [3.63, 3.8) is 0 Å². The maximum atomic E-state index is 4.41. The molecular weight excluding hydrogens is 272 g/mol. The van der Waals surface area contributed by atoms with Gasteiger partial charge in [-0.15, -0.1) is 0 Å². The molecule has 22 heavy (non-hydrogen) atoms. The highest BCUT2D eigenvalue weighted by Crippen LogP contribution is 2.33. The van der Waals surface area contributed by atoms with Crippen LogP contribution in [0.2, 0.25) is 0 Å². The second-order valence-electron chi connectivity index (χ2n) is 6.03. The van der Waals surface area contributed by atoms with Crippen molar-refractivity contribution in [2.45, 2.75) is 25.4 Å². The number of aromatic nitrogens is 1. The fraction of sp³-hybridized carbons (Fsp3) is 0.389. The summed E-state index contributed by atoms with van der Waals surface area (Å²) in [4.78, 5) is 9.80. The summed E-state index contributed by atoms with van der Waals surface area (Å²) in [5, 5.41) is 3.59. The normalized spacial score (nSPS) is 20.7.